The highest BCUT2D eigenvalue weighted by Crippen LogP contribution is 2.43. The Hall–Kier alpha value is -2.26. The molecule has 4 aliphatic rings. The van der Waals surface area contributed by atoms with Crippen molar-refractivity contribution >= 4 is 22.0 Å². The number of sulfonamides is 1. The number of ether oxygens (including phenoxy) is 1. The van der Waals surface area contributed by atoms with Crippen LogP contribution in [0.15, 0.2) is 54.1 Å². The summed E-state index contributed by atoms with van der Waals surface area (Å²) in [5.41, 5.74) is 3.62. The van der Waals surface area contributed by atoms with E-state index in [1.165, 1.54) is 11.1 Å². The summed E-state index contributed by atoms with van der Waals surface area (Å²) in [5.74, 6) is -0.185. The van der Waals surface area contributed by atoms with Crippen LogP contribution in [0, 0.1) is 0 Å². The van der Waals surface area contributed by atoms with E-state index in [9.17, 15) is 13.2 Å². The first-order chi connectivity index (χ1) is 17.9. The zero-order chi connectivity index (χ0) is 25.9. The van der Waals surface area contributed by atoms with Crippen LogP contribution in [0.2, 0.25) is 0 Å². The number of allylic oxidation sites excluding steroid dienone is 3. The van der Waals surface area contributed by atoms with Crippen LogP contribution in [0.5, 0.6) is 0 Å². The molecule has 0 unspecified atom stereocenters. The van der Waals surface area contributed by atoms with Crippen LogP contribution in [-0.2, 0) is 25.0 Å². The summed E-state index contributed by atoms with van der Waals surface area (Å²) in [6, 6.07) is 7.54. The zero-order valence-corrected chi connectivity index (χ0v) is 22.6. The van der Waals surface area contributed by atoms with Crippen LogP contribution in [0.4, 0.5) is 0 Å². The van der Waals surface area contributed by atoms with Gasteiger partial charge in [0.2, 0.25) is 15.9 Å². The number of carbonyl (C=O) groups is 1. The second kappa shape index (κ2) is 11.2. The molecule has 2 fully saturated rings. The minimum absolute atomic E-state index is 0.0280. The van der Waals surface area contributed by atoms with Crippen molar-refractivity contribution in [1.82, 2.24) is 14.5 Å². The molecule has 1 amide bonds. The summed E-state index contributed by atoms with van der Waals surface area (Å²) in [6.07, 6.45) is 15.6. The van der Waals surface area contributed by atoms with Crippen molar-refractivity contribution in [2.24, 2.45) is 0 Å². The number of hydrogen-bond donors (Lipinski definition) is 1. The van der Waals surface area contributed by atoms with Gasteiger partial charge in [-0.15, -0.1) is 0 Å². The van der Waals surface area contributed by atoms with E-state index in [-0.39, 0.29) is 17.9 Å². The lowest BCUT2D eigenvalue weighted by molar-refractivity contribution is -0.135. The Labute approximate surface area is 221 Å². The molecule has 0 radical (unpaired) electrons. The van der Waals surface area contributed by atoms with Gasteiger partial charge >= 0.3 is 0 Å². The molecule has 37 heavy (non-hydrogen) atoms. The zero-order valence-electron chi connectivity index (χ0n) is 21.8. The van der Waals surface area contributed by atoms with Crippen LogP contribution in [-0.4, -0.2) is 81.9 Å². The summed E-state index contributed by atoms with van der Waals surface area (Å²) in [4.78, 5) is 17.7. The van der Waals surface area contributed by atoms with Crippen molar-refractivity contribution < 1.29 is 17.9 Å². The molecule has 2 heterocycles. The summed E-state index contributed by atoms with van der Waals surface area (Å²) in [7, 11) is -1.65. The van der Waals surface area contributed by atoms with E-state index >= 15 is 0 Å². The van der Waals surface area contributed by atoms with Crippen LogP contribution < -0.4 is 4.72 Å². The van der Waals surface area contributed by atoms with E-state index in [1.54, 1.807) is 0 Å². The summed E-state index contributed by atoms with van der Waals surface area (Å²) in [5, 5.41) is -0.479. The van der Waals surface area contributed by atoms with E-state index < -0.39 is 21.3 Å². The van der Waals surface area contributed by atoms with Crippen molar-refractivity contribution in [1.29, 1.82) is 0 Å². The third-order valence-corrected chi connectivity index (χ3v) is 10.3. The highest BCUT2D eigenvalue weighted by atomic mass is 32.2. The van der Waals surface area contributed by atoms with Crippen molar-refractivity contribution in [3.63, 3.8) is 0 Å². The fourth-order valence-corrected chi connectivity index (χ4v) is 7.62. The van der Waals surface area contributed by atoms with Crippen molar-refractivity contribution in [3.05, 3.63) is 65.3 Å². The molecule has 1 aromatic carbocycles. The third-order valence-electron chi connectivity index (χ3n) is 8.38. The van der Waals surface area contributed by atoms with Gasteiger partial charge in [0, 0.05) is 18.5 Å². The molecule has 1 aromatic rings. The van der Waals surface area contributed by atoms with E-state index in [0.717, 1.165) is 44.3 Å². The van der Waals surface area contributed by atoms with Gasteiger partial charge in [-0.2, -0.15) is 0 Å². The smallest absolute Gasteiger partial charge is 0.243 e. The quantitative estimate of drug-likeness (QED) is 0.564. The standard InChI is InChI=1S/C29H39N3O4S/c1-31-17-12-25(13-18-31)37(34,35)30-27(22-36-21-23-7-3-2-4-8-23)28(33)32-19-15-29(16-20-32)14-11-24-9-5-6-10-26(24)29/h3,5-11,14,25,27,30H,2,4,12-13,15-22H2,1H3/t27-/m1/s1. The maximum absolute atomic E-state index is 13.7. The molecular formula is C29H39N3O4S. The molecule has 1 atom stereocenters. The first-order valence-electron chi connectivity index (χ1n) is 13.6. The average molecular weight is 526 g/mol. The van der Waals surface area contributed by atoms with Gasteiger partial charge in [-0.25, -0.2) is 13.1 Å². The van der Waals surface area contributed by atoms with Crippen molar-refractivity contribution in [3.8, 4) is 0 Å². The molecule has 2 saturated heterocycles. The van der Waals surface area contributed by atoms with Crippen molar-refractivity contribution in [2.75, 3.05) is 46.4 Å². The fourth-order valence-electron chi connectivity index (χ4n) is 6.03. The number of benzene rings is 1. The first-order valence-corrected chi connectivity index (χ1v) is 15.1. The van der Waals surface area contributed by atoms with Gasteiger partial charge in [-0.3, -0.25) is 4.79 Å². The predicted molar refractivity (Wildman–Crippen MR) is 147 cm³/mol. The largest absolute Gasteiger partial charge is 0.375 e. The number of rotatable bonds is 8. The van der Waals surface area contributed by atoms with Gasteiger partial charge in [-0.05, 0) is 75.4 Å². The van der Waals surface area contributed by atoms with Gasteiger partial charge in [0.25, 0.3) is 0 Å². The number of fused-ring (bicyclic) bond motifs is 2. The molecule has 200 valence electrons. The number of nitrogens with one attached hydrogen (secondary N) is 1. The molecule has 7 nitrogen and oxygen atoms in total. The molecule has 5 rings (SSSR count). The van der Waals surface area contributed by atoms with E-state index in [0.29, 0.717) is 32.5 Å². The molecule has 1 spiro atoms. The number of piperidine rings is 2. The molecule has 0 saturated carbocycles. The summed E-state index contributed by atoms with van der Waals surface area (Å²) >= 11 is 0. The minimum Gasteiger partial charge on any atom is -0.375 e. The second-order valence-corrected chi connectivity index (χ2v) is 12.9. The highest BCUT2D eigenvalue weighted by Gasteiger charge is 2.41. The molecular weight excluding hydrogens is 486 g/mol. The monoisotopic (exact) mass is 525 g/mol. The van der Waals surface area contributed by atoms with Gasteiger partial charge < -0.3 is 14.5 Å². The number of hydrogen-bond acceptors (Lipinski definition) is 5. The summed E-state index contributed by atoms with van der Waals surface area (Å²) in [6.45, 7) is 3.08. The maximum Gasteiger partial charge on any atom is 0.243 e. The van der Waals surface area contributed by atoms with Crippen LogP contribution >= 0.6 is 0 Å². The van der Waals surface area contributed by atoms with Crippen LogP contribution in [0.25, 0.3) is 6.08 Å². The van der Waals surface area contributed by atoms with Gasteiger partial charge in [-0.1, -0.05) is 54.6 Å². The molecule has 0 bridgehead atoms. The van der Waals surface area contributed by atoms with E-state index in [4.69, 9.17) is 4.74 Å². The molecule has 0 aromatic heterocycles. The number of nitrogens with zero attached hydrogens (tertiary/aromatic N) is 2. The lowest BCUT2D eigenvalue weighted by Gasteiger charge is -2.40. The van der Waals surface area contributed by atoms with Crippen LogP contribution in [0.3, 0.4) is 0 Å². The Balaban J connectivity index is 1.26. The summed E-state index contributed by atoms with van der Waals surface area (Å²) < 4.78 is 35.3. The molecule has 1 N–H and O–H groups in total. The molecule has 2 aliphatic carbocycles. The predicted octanol–water partition coefficient (Wildman–Crippen LogP) is 3.25. The Morgan fingerprint density at radius 3 is 2.59 bits per heavy atom. The maximum atomic E-state index is 13.7. The van der Waals surface area contributed by atoms with E-state index in [1.807, 2.05) is 18.0 Å². The molecule has 2 aliphatic heterocycles. The fraction of sp³-hybridized carbons (Fsp3) is 0.552. The van der Waals surface area contributed by atoms with Crippen molar-refractivity contribution in [2.45, 2.75) is 55.2 Å². The van der Waals surface area contributed by atoms with Gasteiger partial charge in [0.15, 0.2) is 0 Å². The third kappa shape index (κ3) is 5.93. The normalized spacial score (nSPS) is 22.7. The van der Waals surface area contributed by atoms with Crippen LogP contribution in [0.1, 0.15) is 49.7 Å². The number of carbonyl (C=O) groups excluding carboxylic acids is 1. The number of likely N-dealkylation sites (tertiary alicyclic amines) is 2. The first kappa shape index (κ1) is 26.4. The lowest BCUT2D eigenvalue weighted by Crippen LogP contribution is -2.56. The Morgan fingerprint density at radius 1 is 1.11 bits per heavy atom. The lowest BCUT2D eigenvalue weighted by atomic mass is 9.74. The van der Waals surface area contributed by atoms with Gasteiger partial charge in [0.1, 0.15) is 6.04 Å². The SMILES string of the molecule is CN1CCC(S(=O)(=O)N[C@H](COCC2=CCCC=C2)C(=O)N2CCC3(C=Cc4ccccc43)CC2)CC1. The number of amides is 1. The Kier molecular flexibility index (Phi) is 8.00. The topological polar surface area (TPSA) is 79.0 Å². The highest BCUT2D eigenvalue weighted by molar-refractivity contribution is 7.90. The second-order valence-electron chi connectivity index (χ2n) is 10.9. The Bertz CT molecular complexity index is 1170. The Morgan fingerprint density at radius 2 is 1.86 bits per heavy atom. The van der Waals surface area contributed by atoms with E-state index in [2.05, 4.69) is 58.2 Å². The molecule has 8 heteroatoms. The average Bonchev–Trinajstić information content (AvgIpc) is 3.27. The van der Waals surface area contributed by atoms with Gasteiger partial charge in [0.05, 0.1) is 18.5 Å². The minimum atomic E-state index is -3.65.